The van der Waals surface area contributed by atoms with E-state index >= 15 is 0 Å². The average molecular weight is 682 g/mol. The second kappa shape index (κ2) is 12.6. The molecule has 0 atom stereocenters. The Labute approximate surface area is 304 Å². The summed E-state index contributed by atoms with van der Waals surface area (Å²) in [7, 11) is 0. The minimum absolute atomic E-state index is 0.410. The molecule has 0 aliphatic carbocycles. The van der Waals surface area contributed by atoms with Crippen LogP contribution in [0.15, 0.2) is 188 Å². The summed E-state index contributed by atoms with van der Waals surface area (Å²) in [5.74, 6) is 0.992. The Morgan fingerprint density at radius 1 is 0.509 bits per heavy atom. The van der Waals surface area contributed by atoms with E-state index in [1.807, 2.05) is 72.8 Å². The van der Waals surface area contributed by atoms with Gasteiger partial charge in [-0.2, -0.15) is 0 Å². The zero-order valence-electron chi connectivity index (χ0n) is 28.7. The third-order valence-corrected chi connectivity index (χ3v) is 10.1. The number of rotatable bonds is 5. The Kier molecular flexibility index (Phi) is 7.29. The quantitative estimate of drug-likeness (QED) is 0.103. The Morgan fingerprint density at radius 2 is 1.15 bits per heavy atom. The average Bonchev–Trinajstić information content (AvgIpc) is 3.80. The summed E-state index contributed by atoms with van der Waals surface area (Å²) in [5.41, 5.74) is 8.19. The molecule has 10 aromatic rings. The van der Waals surface area contributed by atoms with E-state index in [9.17, 15) is 0 Å². The highest BCUT2D eigenvalue weighted by Crippen LogP contribution is 2.37. The summed E-state index contributed by atoms with van der Waals surface area (Å²) in [6.07, 6.45) is 0. The topological polar surface area (TPSA) is 63.4 Å². The predicted molar refractivity (Wildman–Crippen MR) is 221 cm³/mol. The summed E-state index contributed by atoms with van der Waals surface area (Å²) in [6.45, 7) is 4.36. The fraction of sp³-hybridized carbons (Fsp3) is 0.0208. The lowest BCUT2D eigenvalue weighted by Gasteiger charge is -2.11. The zero-order chi connectivity index (χ0) is 35.3. The standard InChI is InChI=1S/C48H31N3O2/c1-49-47(31-26-24-30(25-27-31)36-18-11-23-44-45(36)40-17-7-9-22-43(40)52-44)51-48(41-20-10-19-39-38-16-6-8-21-42(38)53-46(39)41)50-29-33-28-32-12-2-3-13-34(32)37-15-5-4-14-35(33)37/h2-28H,1,29H2/b50-48-,51-47-. The second-order valence-corrected chi connectivity index (χ2v) is 13.2. The Morgan fingerprint density at radius 3 is 1.96 bits per heavy atom. The van der Waals surface area contributed by atoms with Crippen molar-refractivity contribution in [3.63, 3.8) is 0 Å². The molecular weight excluding hydrogens is 651 g/mol. The molecule has 0 aliphatic heterocycles. The molecule has 0 aliphatic rings. The fourth-order valence-electron chi connectivity index (χ4n) is 7.63. The Hall–Kier alpha value is -7.11. The molecule has 5 nitrogen and oxygen atoms in total. The molecule has 53 heavy (non-hydrogen) atoms. The summed E-state index contributed by atoms with van der Waals surface area (Å²) < 4.78 is 12.7. The molecule has 0 saturated carbocycles. The smallest absolute Gasteiger partial charge is 0.161 e. The lowest BCUT2D eigenvalue weighted by Crippen LogP contribution is -2.06. The first-order valence-corrected chi connectivity index (χ1v) is 17.6. The maximum absolute atomic E-state index is 6.49. The van der Waals surface area contributed by atoms with Gasteiger partial charge in [0.15, 0.2) is 11.7 Å². The van der Waals surface area contributed by atoms with Crippen LogP contribution >= 0.6 is 0 Å². The van der Waals surface area contributed by atoms with Crippen LogP contribution in [0.4, 0.5) is 0 Å². The van der Waals surface area contributed by atoms with Crippen LogP contribution in [-0.2, 0) is 6.54 Å². The zero-order valence-corrected chi connectivity index (χ0v) is 28.7. The highest BCUT2D eigenvalue weighted by atomic mass is 16.3. The number of para-hydroxylation sites is 3. The van der Waals surface area contributed by atoms with Gasteiger partial charge in [0.05, 0.1) is 12.1 Å². The Balaban J connectivity index is 1.11. The molecule has 10 rings (SSSR count). The van der Waals surface area contributed by atoms with Gasteiger partial charge in [-0.15, -0.1) is 0 Å². The molecule has 2 heterocycles. The summed E-state index contributed by atoms with van der Waals surface area (Å²) in [4.78, 5) is 14.9. The SMILES string of the molecule is C=N/C(=N\C(=N/Cc1cc2ccccc2c2ccccc12)c1cccc2c1oc1ccccc12)c1ccc(-c2cccc3oc4ccccc4c23)cc1. The lowest BCUT2D eigenvalue weighted by molar-refractivity contribution is 0.668. The number of benzene rings is 8. The largest absolute Gasteiger partial charge is 0.456 e. The van der Waals surface area contributed by atoms with E-state index in [2.05, 4.69) is 103 Å². The molecular formula is C48H31N3O2. The van der Waals surface area contributed by atoms with Crippen molar-refractivity contribution in [1.82, 2.24) is 0 Å². The number of nitrogens with zero attached hydrogens (tertiary/aromatic N) is 3. The van der Waals surface area contributed by atoms with E-state index in [-0.39, 0.29) is 0 Å². The van der Waals surface area contributed by atoms with E-state index in [4.69, 9.17) is 18.8 Å². The first-order chi connectivity index (χ1) is 26.2. The van der Waals surface area contributed by atoms with Gasteiger partial charge in [-0.25, -0.2) is 9.98 Å². The fourth-order valence-corrected chi connectivity index (χ4v) is 7.63. The van der Waals surface area contributed by atoms with Crippen molar-refractivity contribution < 1.29 is 8.83 Å². The summed E-state index contributed by atoms with van der Waals surface area (Å²) in [6, 6.07) is 56.1. The van der Waals surface area contributed by atoms with Gasteiger partial charge in [-0.05, 0) is 75.3 Å². The van der Waals surface area contributed by atoms with Crippen LogP contribution in [0.3, 0.4) is 0 Å². The minimum atomic E-state index is 0.410. The van der Waals surface area contributed by atoms with Crippen molar-refractivity contribution in [1.29, 1.82) is 0 Å². The number of hydrogen-bond acceptors (Lipinski definition) is 3. The van der Waals surface area contributed by atoms with Crippen molar-refractivity contribution in [2.75, 3.05) is 0 Å². The first kappa shape index (κ1) is 30.7. The van der Waals surface area contributed by atoms with E-state index in [0.29, 0.717) is 18.2 Å². The molecule has 0 N–H and O–H groups in total. The molecule has 250 valence electrons. The van der Waals surface area contributed by atoms with Crippen LogP contribution in [0.25, 0.3) is 76.5 Å². The predicted octanol–water partition coefficient (Wildman–Crippen LogP) is 12.6. The molecule has 0 amide bonds. The highest BCUT2D eigenvalue weighted by molar-refractivity contribution is 6.19. The van der Waals surface area contributed by atoms with E-state index in [1.54, 1.807) is 0 Å². The molecule has 0 fully saturated rings. The van der Waals surface area contributed by atoms with Crippen molar-refractivity contribution in [3.05, 3.63) is 180 Å². The van der Waals surface area contributed by atoms with E-state index in [1.165, 1.54) is 21.5 Å². The van der Waals surface area contributed by atoms with Gasteiger partial charge < -0.3 is 8.83 Å². The number of amidine groups is 2. The van der Waals surface area contributed by atoms with Crippen molar-refractivity contribution in [2.24, 2.45) is 15.0 Å². The molecule has 0 radical (unpaired) electrons. The van der Waals surface area contributed by atoms with Crippen molar-refractivity contribution in [3.8, 4) is 11.1 Å². The summed E-state index contributed by atoms with van der Waals surface area (Å²) in [5, 5.41) is 9.01. The summed E-state index contributed by atoms with van der Waals surface area (Å²) >= 11 is 0. The first-order valence-electron chi connectivity index (χ1n) is 17.6. The van der Waals surface area contributed by atoms with Gasteiger partial charge >= 0.3 is 0 Å². The van der Waals surface area contributed by atoms with Crippen LogP contribution in [0.1, 0.15) is 16.7 Å². The Bertz CT molecular complexity index is 3110. The monoisotopic (exact) mass is 681 g/mol. The van der Waals surface area contributed by atoms with Gasteiger partial charge in [0, 0.05) is 27.1 Å². The van der Waals surface area contributed by atoms with E-state index in [0.717, 1.165) is 71.7 Å². The third kappa shape index (κ3) is 5.21. The van der Waals surface area contributed by atoms with Crippen molar-refractivity contribution in [2.45, 2.75) is 6.54 Å². The number of hydrogen-bond donors (Lipinski definition) is 0. The molecule has 0 bridgehead atoms. The molecule has 5 heteroatoms. The lowest BCUT2D eigenvalue weighted by atomic mass is 9.97. The van der Waals surface area contributed by atoms with Crippen LogP contribution in [0.2, 0.25) is 0 Å². The maximum Gasteiger partial charge on any atom is 0.161 e. The van der Waals surface area contributed by atoms with Gasteiger partial charge in [0.25, 0.3) is 0 Å². The van der Waals surface area contributed by atoms with E-state index < -0.39 is 0 Å². The maximum atomic E-state index is 6.49. The molecule has 0 unspecified atom stereocenters. The molecule has 8 aromatic carbocycles. The second-order valence-electron chi connectivity index (χ2n) is 13.2. The third-order valence-electron chi connectivity index (χ3n) is 10.1. The highest BCUT2D eigenvalue weighted by Gasteiger charge is 2.17. The van der Waals surface area contributed by atoms with Gasteiger partial charge in [0.1, 0.15) is 22.3 Å². The number of fused-ring (bicyclic) bond motifs is 9. The molecule has 2 aromatic heterocycles. The van der Waals surface area contributed by atoms with Crippen molar-refractivity contribution >= 4 is 83.8 Å². The van der Waals surface area contributed by atoms with Crippen LogP contribution < -0.4 is 0 Å². The van der Waals surface area contributed by atoms with Crippen LogP contribution in [0.5, 0.6) is 0 Å². The van der Waals surface area contributed by atoms with Gasteiger partial charge in [0.2, 0.25) is 0 Å². The number of aliphatic imine (C=N–C) groups is 3. The minimum Gasteiger partial charge on any atom is -0.456 e. The number of furan rings is 2. The molecule has 0 saturated heterocycles. The van der Waals surface area contributed by atoms with Crippen LogP contribution in [-0.4, -0.2) is 18.4 Å². The van der Waals surface area contributed by atoms with Gasteiger partial charge in [-0.1, -0.05) is 133 Å². The van der Waals surface area contributed by atoms with Crippen LogP contribution in [0, 0.1) is 0 Å². The normalized spacial score (nSPS) is 12.5. The molecule has 0 spiro atoms. The van der Waals surface area contributed by atoms with Gasteiger partial charge in [-0.3, -0.25) is 4.99 Å².